The van der Waals surface area contributed by atoms with Gasteiger partial charge in [-0.3, -0.25) is 4.79 Å². The van der Waals surface area contributed by atoms with E-state index in [-0.39, 0.29) is 0 Å². The summed E-state index contributed by atoms with van der Waals surface area (Å²) in [6.07, 6.45) is 2.38. The van der Waals surface area contributed by atoms with Crippen LogP contribution in [-0.2, 0) is 7.05 Å². The summed E-state index contributed by atoms with van der Waals surface area (Å²) in [5.74, 6) is 0.406. The van der Waals surface area contributed by atoms with E-state index < -0.39 is 0 Å². The van der Waals surface area contributed by atoms with E-state index in [0.29, 0.717) is 11.5 Å². The van der Waals surface area contributed by atoms with Gasteiger partial charge in [0.2, 0.25) is 0 Å². The van der Waals surface area contributed by atoms with E-state index in [4.69, 9.17) is 0 Å². The van der Waals surface area contributed by atoms with Gasteiger partial charge in [0.1, 0.15) is 0 Å². The minimum absolute atomic E-state index is 0.406. The fourth-order valence-corrected chi connectivity index (χ4v) is 1.15. The summed E-state index contributed by atoms with van der Waals surface area (Å²) in [6, 6.07) is 3.70. The molecule has 4 nitrogen and oxygen atoms in total. The number of imidazole rings is 1. The highest BCUT2D eigenvalue weighted by molar-refractivity contribution is 5.80. The molecule has 0 aliphatic carbocycles. The first-order valence-corrected chi connectivity index (χ1v) is 3.55. The molecular formula is C8H7N3O. The van der Waals surface area contributed by atoms with Crippen molar-refractivity contribution in [2.45, 2.75) is 0 Å². The lowest BCUT2D eigenvalue weighted by Gasteiger charge is -1.92. The lowest BCUT2D eigenvalue weighted by molar-refractivity contribution is 0.111. The quantitative estimate of drug-likeness (QED) is 0.580. The standard InChI is InChI=1S/C8H7N3O/c1-11-6-3-2-4-9-8(6)10-7(11)5-12/h2-5H,1H3. The van der Waals surface area contributed by atoms with Crippen molar-refractivity contribution in [3.8, 4) is 0 Å². The van der Waals surface area contributed by atoms with Crippen LogP contribution in [0.25, 0.3) is 11.2 Å². The second-order valence-corrected chi connectivity index (χ2v) is 2.49. The first-order chi connectivity index (χ1) is 5.83. The number of carbonyl (C=O) groups excluding carboxylic acids is 1. The zero-order valence-corrected chi connectivity index (χ0v) is 6.56. The Morgan fingerprint density at radius 1 is 1.58 bits per heavy atom. The Morgan fingerprint density at radius 3 is 3.08 bits per heavy atom. The van der Waals surface area contributed by atoms with Crippen molar-refractivity contribution in [1.82, 2.24) is 14.5 Å². The van der Waals surface area contributed by atoms with Gasteiger partial charge in [-0.25, -0.2) is 9.97 Å². The maximum Gasteiger partial charge on any atom is 0.185 e. The molecule has 0 unspecified atom stereocenters. The molecule has 0 radical (unpaired) electrons. The molecule has 0 aliphatic heterocycles. The lowest BCUT2D eigenvalue weighted by atomic mass is 10.4. The smallest absolute Gasteiger partial charge is 0.185 e. The number of nitrogens with zero attached hydrogens (tertiary/aromatic N) is 3. The molecule has 2 heterocycles. The number of aryl methyl sites for hydroxylation is 1. The molecule has 60 valence electrons. The van der Waals surface area contributed by atoms with Gasteiger partial charge in [-0.2, -0.15) is 0 Å². The molecule has 2 aromatic heterocycles. The molecule has 0 aliphatic rings. The second-order valence-electron chi connectivity index (χ2n) is 2.49. The fourth-order valence-electron chi connectivity index (χ4n) is 1.15. The Kier molecular flexibility index (Phi) is 1.40. The van der Waals surface area contributed by atoms with Gasteiger partial charge in [0, 0.05) is 13.2 Å². The van der Waals surface area contributed by atoms with Crippen LogP contribution in [0.3, 0.4) is 0 Å². The van der Waals surface area contributed by atoms with Crippen LogP contribution >= 0.6 is 0 Å². The fraction of sp³-hybridized carbons (Fsp3) is 0.125. The molecule has 0 fully saturated rings. The molecule has 2 aromatic rings. The van der Waals surface area contributed by atoms with Crippen LogP contribution in [0.2, 0.25) is 0 Å². The topological polar surface area (TPSA) is 47.8 Å². The number of hydrogen-bond donors (Lipinski definition) is 0. The molecule has 0 atom stereocenters. The molecule has 0 bridgehead atoms. The largest absolute Gasteiger partial charge is 0.324 e. The van der Waals surface area contributed by atoms with Crippen LogP contribution in [0, 0.1) is 0 Å². The van der Waals surface area contributed by atoms with E-state index in [9.17, 15) is 4.79 Å². The molecule has 0 saturated carbocycles. The monoisotopic (exact) mass is 161 g/mol. The van der Waals surface area contributed by atoms with Gasteiger partial charge in [-0.1, -0.05) is 0 Å². The molecule has 0 saturated heterocycles. The Labute approximate surface area is 68.9 Å². The van der Waals surface area contributed by atoms with E-state index in [1.165, 1.54) is 0 Å². The zero-order chi connectivity index (χ0) is 8.55. The number of carbonyl (C=O) groups is 1. The summed E-state index contributed by atoms with van der Waals surface area (Å²) in [7, 11) is 1.79. The first-order valence-electron chi connectivity index (χ1n) is 3.55. The van der Waals surface area contributed by atoms with Gasteiger partial charge in [-0.05, 0) is 12.1 Å². The maximum atomic E-state index is 10.5. The number of hydrogen-bond acceptors (Lipinski definition) is 3. The Balaban J connectivity index is 2.87. The normalized spacial score (nSPS) is 10.4. The van der Waals surface area contributed by atoms with Crippen molar-refractivity contribution in [2.75, 3.05) is 0 Å². The van der Waals surface area contributed by atoms with Crippen LogP contribution in [-0.4, -0.2) is 20.8 Å². The molecule has 0 amide bonds. The lowest BCUT2D eigenvalue weighted by Crippen LogP contribution is -1.94. The first kappa shape index (κ1) is 6.97. The summed E-state index contributed by atoms with van der Waals surface area (Å²) in [5.41, 5.74) is 1.49. The van der Waals surface area contributed by atoms with Crippen LogP contribution in [0.1, 0.15) is 10.6 Å². The number of aromatic nitrogens is 3. The summed E-state index contributed by atoms with van der Waals surface area (Å²) in [5, 5.41) is 0. The molecule has 2 rings (SSSR count). The average molecular weight is 161 g/mol. The molecule has 4 heteroatoms. The van der Waals surface area contributed by atoms with E-state index >= 15 is 0 Å². The van der Waals surface area contributed by atoms with Crippen LogP contribution in [0.15, 0.2) is 18.3 Å². The zero-order valence-electron chi connectivity index (χ0n) is 6.56. The van der Waals surface area contributed by atoms with Crippen molar-refractivity contribution in [2.24, 2.45) is 7.05 Å². The summed E-state index contributed by atoms with van der Waals surface area (Å²) < 4.78 is 1.72. The second kappa shape index (κ2) is 2.41. The number of rotatable bonds is 1. The molecule has 12 heavy (non-hydrogen) atoms. The van der Waals surface area contributed by atoms with Crippen LogP contribution < -0.4 is 0 Å². The molecule has 0 N–H and O–H groups in total. The van der Waals surface area contributed by atoms with E-state index in [2.05, 4.69) is 9.97 Å². The average Bonchev–Trinajstić information content (AvgIpc) is 2.44. The number of fused-ring (bicyclic) bond motifs is 1. The van der Waals surface area contributed by atoms with E-state index in [1.807, 2.05) is 12.1 Å². The predicted molar refractivity (Wildman–Crippen MR) is 43.9 cm³/mol. The van der Waals surface area contributed by atoms with E-state index in [1.54, 1.807) is 17.8 Å². The molecule has 0 spiro atoms. The third-order valence-corrected chi connectivity index (χ3v) is 1.80. The predicted octanol–water partition coefficient (Wildman–Crippen LogP) is 0.781. The van der Waals surface area contributed by atoms with Crippen molar-refractivity contribution in [1.29, 1.82) is 0 Å². The van der Waals surface area contributed by atoms with E-state index in [0.717, 1.165) is 11.8 Å². The van der Waals surface area contributed by atoms with Gasteiger partial charge in [0.15, 0.2) is 17.8 Å². The molecular weight excluding hydrogens is 154 g/mol. The van der Waals surface area contributed by atoms with Crippen molar-refractivity contribution in [3.05, 3.63) is 24.2 Å². The minimum atomic E-state index is 0.406. The van der Waals surface area contributed by atoms with Crippen molar-refractivity contribution < 1.29 is 4.79 Å². The van der Waals surface area contributed by atoms with Crippen LogP contribution in [0.4, 0.5) is 0 Å². The summed E-state index contributed by atoms with van der Waals surface area (Å²) in [6.45, 7) is 0. The van der Waals surface area contributed by atoms with Gasteiger partial charge >= 0.3 is 0 Å². The summed E-state index contributed by atoms with van der Waals surface area (Å²) in [4.78, 5) is 18.5. The van der Waals surface area contributed by atoms with Gasteiger partial charge in [0.05, 0.1) is 5.52 Å². The third kappa shape index (κ3) is 0.812. The minimum Gasteiger partial charge on any atom is -0.324 e. The third-order valence-electron chi connectivity index (χ3n) is 1.80. The van der Waals surface area contributed by atoms with Crippen LogP contribution in [0.5, 0.6) is 0 Å². The van der Waals surface area contributed by atoms with Gasteiger partial charge in [-0.15, -0.1) is 0 Å². The Bertz CT molecular complexity index is 433. The Hall–Kier alpha value is -1.71. The number of aldehydes is 1. The highest BCUT2D eigenvalue weighted by Gasteiger charge is 2.05. The number of pyridine rings is 1. The van der Waals surface area contributed by atoms with Gasteiger partial charge < -0.3 is 4.57 Å². The highest BCUT2D eigenvalue weighted by Crippen LogP contribution is 2.09. The van der Waals surface area contributed by atoms with Gasteiger partial charge in [0.25, 0.3) is 0 Å². The summed E-state index contributed by atoms with van der Waals surface area (Å²) >= 11 is 0. The van der Waals surface area contributed by atoms with Crippen molar-refractivity contribution >= 4 is 17.5 Å². The molecule has 0 aromatic carbocycles. The highest BCUT2D eigenvalue weighted by atomic mass is 16.1. The van der Waals surface area contributed by atoms with Crippen molar-refractivity contribution in [3.63, 3.8) is 0 Å². The maximum absolute atomic E-state index is 10.5. The Morgan fingerprint density at radius 2 is 2.42 bits per heavy atom. The SMILES string of the molecule is Cn1c(C=O)nc2ncccc21.